The van der Waals surface area contributed by atoms with E-state index in [1.54, 1.807) is 0 Å². The molecule has 0 heterocycles. The fourth-order valence-corrected chi connectivity index (χ4v) is 3.01. The van der Waals surface area contributed by atoms with E-state index in [2.05, 4.69) is 11.8 Å². The summed E-state index contributed by atoms with van der Waals surface area (Å²) in [6, 6.07) is 6.81. The summed E-state index contributed by atoms with van der Waals surface area (Å²) < 4.78 is 12.8. The van der Waals surface area contributed by atoms with Gasteiger partial charge < -0.3 is 4.90 Å². The Hall–Kier alpha value is -0.540. The second-order valence-corrected chi connectivity index (χ2v) is 6.21. The molecule has 0 aliphatic heterocycles. The predicted molar refractivity (Wildman–Crippen MR) is 76.6 cm³/mol. The summed E-state index contributed by atoms with van der Waals surface area (Å²) in [6.45, 7) is 5.87. The SMILES string of the molecule is CCCN(CCSc1ccc(F)cc1)CC1CC1. The van der Waals surface area contributed by atoms with Crippen molar-refractivity contribution in [2.45, 2.75) is 31.1 Å². The molecule has 0 radical (unpaired) electrons. The number of nitrogens with zero attached hydrogens (tertiary/aromatic N) is 1. The summed E-state index contributed by atoms with van der Waals surface area (Å²) in [5, 5.41) is 0. The van der Waals surface area contributed by atoms with Crippen LogP contribution in [0.1, 0.15) is 26.2 Å². The van der Waals surface area contributed by atoms with E-state index < -0.39 is 0 Å². The van der Waals surface area contributed by atoms with Gasteiger partial charge in [-0.3, -0.25) is 0 Å². The van der Waals surface area contributed by atoms with Crippen molar-refractivity contribution in [3.63, 3.8) is 0 Å². The lowest BCUT2D eigenvalue weighted by Crippen LogP contribution is -2.29. The number of hydrogen-bond donors (Lipinski definition) is 0. The number of rotatable bonds is 8. The third-order valence-electron chi connectivity index (χ3n) is 3.24. The summed E-state index contributed by atoms with van der Waals surface area (Å²) in [6.07, 6.45) is 4.07. The normalized spacial score (nSPS) is 15.3. The molecule has 1 aliphatic carbocycles. The minimum atomic E-state index is -0.152. The van der Waals surface area contributed by atoms with E-state index in [-0.39, 0.29) is 5.82 Å². The Morgan fingerprint density at radius 1 is 1.22 bits per heavy atom. The molecule has 0 N–H and O–H groups in total. The van der Waals surface area contributed by atoms with Crippen LogP contribution in [0, 0.1) is 11.7 Å². The van der Waals surface area contributed by atoms with Crippen LogP contribution < -0.4 is 0 Å². The first-order chi connectivity index (χ1) is 8.78. The minimum Gasteiger partial charge on any atom is -0.302 e. The van der Waals surface area contributed by atoms with Crippen LogP contribution in [0.15, 0.2) is 29.2 Å². The highest BCUT2D eigenvalue weighted by molar-refractivity contribution is 7.99. The Bertz CT molecular complexity index is 348. The van der Waals surface area contributed by atoms with Gasteiger partial charge in [0.15, 0.2) is 0 Å². The lowest BCUT2D eigenvalue weighted by atomic mass is 10.3. The minimum absolute atomic E-state index is 0.152. The van der Waals surface area contributed by atoms with E-state index >= 15 is 0 Å². The molecule has 1 nitrogen and oxygen atoms in total. The van der Waals surface area contributed by atoms with Gasteiger partial charge >= 0.3 is 0 Å². The van der Waals surface area contributed by atoms with Gasteiger partial charge in [-0.2, -0.15) is 0 Å². The van der Waals surface area contributed by atoms with Crippen molar-refractivity contribution in [1.29, 1.82) is 0 Å². The van der Waals surface area contributed by atoms with Gasteiger partial charge in [0.2, 0.25) is 0 Å². The third kappa shape index (κ3) is 4.99. The molecule has 0 unspecified atom stereocenters. The summed E-state index contributed by atoms with van der Waals surface area (Å²) in [4.78, 5) is 3.74. The van der Waals surface area contributed by atoms with Crippen molar-refractivity contribution in [2.24, 2.45) is 5.92 Å². The lowest BCUT2D eigenvalue weighted by Gasteiger charge is -2.21. The fraction of sp³-hybridized carbons (Fsp3) is 0.600. The van der Waals surface area contributed by atoms with E-state index in [4.69, 9.17) is 0 Å². The summed E-state index contributed by atoms with van der Waals surface area (Å²) in [7, 11) is 0. The molecule has 2 rings (SSSR count). The molecule has 0 aromatic heterocycles. The first kappa shape index (κ1) is 13.9. The molecule has 18 heavy (non-hydrogen) atoms. The summed E-state index contributed by atoms with van der Waals surface area (Å²) >= 11 is 1.82. The maximum absolute atomic E-state index is 12.8. The average Bonchev–Trinajstić information content (AvgIpc) is 3.16. The fourth-order valence-electron chi connectivity index (χ4n) is 2.10. The van der Waals surface area contributed by atoms with Crippen molar-refractivity contribution in [3.8, 4) is 0 Å². The van der Waals surface area contributed by atoms with Crippen LogP contribution in [0.3, 0.4) is 0 Å². The first-order valence-electron chi connectivity index (χ1n) is 6.88. The van der Waals surface area contributed by atoms with Crippen LogP contribution in [-0.2, 0) is 0 Å². The van der Waals surface area contributed by atoms with E-state index in [1.807, 2.05) is 23.9 Å². The molecule has 3 heteroatoms. The highest BCUT2D eigenvalue weighted by Gasteiger charge is 2.23. The van der Waals surface area contributed by atoms with Crippen molar-refractivity contribution in [1.82, 2.24) is 4.90 Å². The summed E-state index contributed by atoms with van der Waals surface area (Å²) in [5.74, 6) is 1.91. The second kappa shape index (κ2) is 7.15. The predicted octanol–water partition coefficient (Wildman–Crippen LogP) is 4.04. The zero-order valence-electron chi connectivity index (χ0n) is 11.1. The average molecular weight is 267 g/mol. The van der Waals surface area contributed by atoms with E-state index in [0.29, 0.717) is 0 Å². The van der Waals surface area contributed by atoms with Crippen molar-refractivity contribution in [2.75, 3.05) is 25.4 Å². The molecule has 0 amide bonds. The van der Waals surface area contributed by atoms with Crippen molar-refractivity contribution in [3.05, 3.63) is 30.1 Å². The van der Waals surface area contributed by atoms with E-state index in [0.717, 1.165) is 18.2 Å². The monoisotopic (exact) mass is 267 g/mol. The van der Waals surface area contributed by atoms with E-state index in [9.17, 15) is 4.39 Å². The van der Waals surface area contributed by atoms with Gasteiger partial charge in [0.25, 0.3) is 0 Å². The Labute approximate surface area is 114 Å². The largest absolute Gasteiger partial charge is 0.302 e. The van der Waals surface area contributed by atoms with Crippen LogP contribution in [-0.4, -0.2) is 30.3 Å². The Morgan fingerprint density at radius 3 is 2.56 bits per heavy atom. The van der Waals surface area contributed by atoms with E-state index in [1.165, 1.54) is 49.4 Å². The Balaban J connectivity index is 1.69. The quantitative estimate of drug-likeness (QED) is 0.654. The highest BCUT2D eigenvalue weighted by Crippen LogP contribution is 2.30. The number of halogens is 1. The molecule has 0 saturated heterocycles. The van der Waals surface area contributed by atoms with Crippen LogP contribution in [0.4, 0.5) is 4.39 Å². The van der Waals surface area contributed by atoms with Gasteiger partial charge in [0, 0.05) is 23.7 Å². The highest BCUT2D eigenvalue weighted by atomic mass is 32.2. The van der Waals surface area contributed by atoms with Crippen LogP contribution in [0.5, 0.6) is 0 Å². The van der Waals surface area contributed by atoms with Gasteiger partial charge in [-0.25, -0.2) is 4.39 Å². The number of benzene rings is 1. The standard InChI is InChI=1S/C15H22FNS/c1-2-9-17(12-13-3-4-13)10-11-18-15-7-5-14(16)6-8-15/h5-8,13H,2-4,9-12H2,1H3. The van der Waals surface area contributed by atoms with Gasteiger partial charge in [-0.15, -0.1) is 11.8 Å². The first-order valence-corrected chi connectivity index (χ1v) is 7.87. The zero-order valence-corrected chi connectivity index (χ0v) is 11.9. The van der Waals surface area contributed by atoms with Crippen molar-refractivity contribution < 1.29 is 4.39 Å². The van der Waals surface area contributed by atoms with Crippen LogP contribution in [0.2, 0.25) is 0 Å². The molecule has 1 aromatic rings. The van der Waals surface area contributed by atoms with Gasteiger partial charge in [0.1, 0.15) is 5.82 Å². The van der Waals surface area contributed by atoms with Crippen LogP contribution in [0.25, 0.3) is 0 Å². The molecule has 0 bridgehead atoms. The Kier molecular flexibility index (Phi) is 5.51. The van der Waals surface area contributed by atoms with Gasteiger partial charge in [0.05, 0.1) is 0 Å². The second-order valence-electron chi connectivity index (χ2n) is 5.05. The molecule has 0 atom stereocenters. The van der Waals surface area contributed by atoms with Gasteiger partial charge in [-0.1, -0.05) is 6.92 Å². The molecule has 1 saturated carbocycles. The van der Waals surface area contributed by atoms with Crippen molar-refractivity contribution >= 4 is 11.8 Å². The van der Waals surface area contributed by atoms with Gasteiger partial charge in [-0.05, 0) is 56.0 Å². The molecular formula is C15H22FNS. The zero-order chi connectivity index (χ0) is 12.8. The summed E-state index contributed by atoms with van der Waals surface area (Å²) in [5.41, 5.74) is 0. The maximum Gasteiger partial charge on any atom is 0.123 e. The number of hydrogen-bond acceptors (Lipinski definition) is 2. The number of thioether (sulfide) groups is 1. The lowest BCUT2D eigenvalue weighted by molar-refractivity contribution is 0.279. The topological polar surface area (TPSA) is 3.24 Å². The third-order valence-corrected chi connectivity index (χ3v) is 4.24. The smallest absolute Gasteiger partial charge is 0.123 e. The molecular weight excluding hydrogens is 245 g/mol. The molecule has 1 aromatic carbocycles. The molecule has 100 valence electrons. The maximum atomic E-state index is 12.8. The molecule has 0 spiro atoms. The van der Waals surface area contributed by atoms with Crippen LogP contribution >= 0.6 is 11.8 Å². The molecule has 1 fully saturated rings. The molecule has 1 aliphatic rings. The Morgan fingerprint density at radius 2 is 1.94 bits per heavy atom.